The van der Waals surface area contributed by atoms with Crippen molar-refractivity contribution in [1.29, 1.82) is 0 Å². The lowest BCUT2D eigenvalue weighted by atomic mass is 10.1. The number of hydrogen-bond donors (Lipinski definition) is 1. The van der Waals surface area contributed by atoms with Crippen molar-refractivity contribution in [3.8, 4) is 0 Å². The molecular weight excluding hydrogens is 336 g/mol. The minimum absolute atomic E-state index is 0.0622. The van der Waals surface area contributed by atoms with E-state index >= 15 is 0 Å². The molecule has 1 aromatic carbocycles. The van der Waals surface area contributed by atoms with Crippen LogP contribution in [0.4, 0.5) is 4.79 Å². The van der Waals surface area contributed by atoms with Crippen LogP contribution >= 0.6 is 0 Å². The first-order valence-electron chi connectivity index (χ1n) is 8.44. The summed E-state index contributed by atoms with van der Waals surface area (Å²) in [4.78, 5) is 51.3. The first kappa shape index (κ1) is 19.4. The fourth-order valence-electron chi connectivity index (χ4n) is 2.74. The molecule has 1 aromatic rings. The summed E-state index contributed by atoms with van der Waals surface area (Å²) in [6.45, 7) is 0.776. The standard InChI is InChI=1S/C18H24N4O4/c1-19-17(25)14-8-6-13(7-9-14)11-20(2)15(23)5-4-10-22-16(24)12-21(3)18(22)26/h6-9H,4-5,10-12H2,1-3H3,(H,19,25). The zero-order valence-corrected chi connectivity index (χ0v) is 15.3. The number of rotatable bonds is 7. The predicted molar refractivity (Wildman–Crippen MR) is 95.3 cm³/mol. The van der Waals surface area contributed by atoms with Crippen LogP contribution in [0.1, 0.15) is 28.8 Å². The van der Waals surface area contributed by atoms with Crippen LogP contribution in [0.5, 0.6) is 0 Å². The Balaban J connectivity index is 1.79. The number of carbonyl (C=O) groups is 4. The van der Waals surface area contributed by atoms with Gasteiger partial charge in [0.05, 0.1) is 0 Å². The smallest absolute Gasteiger partial charge is 0.326 e. The lowest BCUT2D eigenvalue weighted by molar-refractivity contribution is -0.131. The Morgan fingerprint density at radius 3 is 2.38 bits per heavy atom. The zero-order chi connectivity index (χ0) is 19.3. The molecule has 0 atom stereocenters. The second-order valence-corrected chi connectivity index (χ2v) is 6.31. The molecule has 1 aliphatic heterocycles. The lowest BCUT2D eigenvalue weighted by Gasteiger charge is -2.18. The highest BCUT2D eigenvalue weighted by Gasteiger charge is 2.32. The van der Waals surface area contributed by atoms with Gasteiger partial charge in [-0.05, 0) is 24.1 Å². The van der Waals surface area contributed by atoms with Gasteiger partial charge in [-0.25, -0.2) is 4.79 Å². The maximum absolute atomic E-state index is 12.2. The van der Waals surface area contributed by atoms with Crippen LogP contribution < -0.4 is 5.32 Å². The van der Waals surface area contributed by atoms with Crippen LogP contribution in [-0.4, -0.2) is 72.7 Å². The van der Waals surface area contributed by atoms with Crippen molar-refractivity contribution in [2.45, 2.75) is 19.4 Å². The first-order valence-corrected chi connectivity index (χ1v) is 8.44. The Bertz CT molecular complexity index is 702. The number of nitrogens with zero attached hydrogens (tertiary/aromatic N) is 3. The molecule has 0 saturated carbocycles. The Hall–Kier alpha value is -2.90. The van der Waals surface area contributed by atoms with Crippen molar-refractivity contribution in [3.05, 3.63) is 35.4 Å². The van der Waals surface area contributed by atoms with Crippen molar-refractivity contribution < 1.29 is 19.2 Å². The molecule has 8 nitrogen and oxygen atoms in total. The Kier molecular flexibility index (Phi) is 6.32. The minimum Gasteiger partial charge on any atom is -0.355 e. The van der Waals surface area contributed by atoms with Crippen LogP contribution in [-0.2, 0) is 16.1 Å². The minimum atomic E-state index is -0.313. The van der Waals surface area contributed by atoms with E-state index in [1.54, 1.807) is 38.2 Å². The van der Waals surface area contributed by atoms with E-state index in [-0.39, 0.29) is 43.3 Å². The van der Waals surface area contributed by atoms with Gasteiger partial charge in [-0.3, -0.25) is 19.3 Å². The number of nitrogens with one attached hydrogen (secondary N) is 1. The van der Waals surface area contributed by atoms with Crippen LogP contribution in [0.25, 0.3) is 0 Å². The summed E-state index contributed by atoms with van der Waals surface area (Å²) >= 11 is 0. The summed E-state index contributed by atoms with van der Waals surface area (Å²) < 4.78 is 0. The monoisotopic (exact) mass is 360 g/mol. The number of hydrogen-bond acceptors (Lipinski definition) is 4. The maximum Gasteiger partial charge on any atom is 0.326 e. The molecule has 0 aliphatic carbocycles. The molecule has 1 N–H and O–H groups in total. The second kappa shape index (κ2) is 8.46. The third-order valence-electron chi connectivity index (χ3n) is 4.29. The molecule has 1 saturated heterocycles. The first-order chi connectivity index (χ1) is 12.3. The molecule has 1 aliphatic rings. The van der Waals surface area contributed by atoms with E-state index < -0.39 is 0 Å². The molecule has 140 valence electrons. The number of urea groups is 1. The average molecular weight is 360 g/mol. The average Bonchev–Trinajstić information content (AvgIpc) is 2.87. The number of carbonyl (C=O) groups excluding carboxylic acids is 4. The highest BCUT2D eigenvalue weighted by Crippen LogP contribution is 2.11. The van der Waals surface area contributed by atoms with Crippen molar-refractivity contribution >= 4 is 23.8 Å². The van der Waals surface area contributed by atoms with E-state index in [1.165, 1.54) is 9.80 Å². The molecule has 0 spiro atoms. The Labute approximate surface area is 152 Å². The number of likely N-dealkylation sites (N-methyl/N-ethyl adjacent to an activating group) is 1. The quantitative estimate of drug-likeness (QED) is 0.724. The molecular formula is C18H24N4O4. The summed E-state index contributed by atoms with van der Waals surface area (Å²) in [5.74, 6) is -0.444. The van der Waals surface area contributed by atoms with Crippen molar-refractivity contribution in [2.75, 3.05) is 34.2 Å². The molecule has 5 amide bonds. The van der Waals surface area contributed by atoms with Crippen LogP contribution in [0.3, 0.4) is 0 Å². The van der Waals surface area contributed by atoms with Crippen molar-refractivity contribution in [1.82, 2.24) is 20.0 Å². The fourth-order valence-corrected chi connectivity index (χ4v) is 2.74. The van der Waals surface area contributed by atoms with Crippen LogP contribution in [0.2, 0.25) is 0 Å². The van der Waals surface area contributed by atoms with E-state index in [2.05, 4.69) is 5.32 Å². The largest absolute Gasteiger partial charge is 0.355 e. The van der Waals surface area contributed by atoms with Gasteiger partial charge in [-0.1, -0.05) is 12.1 Å². The summed E-state index contributed by atoms with van der Waals surface area (Å²) in [5.41, 5.74) is 1.48. The van der Waals surface area contributed by atoms with E-state index in [9.17, 15) is 19.2 Å². The molecule has 8 heteroatoms. The van der Waals surface area contributed by atoms with Gasteiger partial charge in [0.2, 0.25) is 11.8 Å². The molecule has 2 rings (SSSR count). The van der Waals surface area contributed by atoms with Gasteiger partial charge >= 0.3 is 6.03 Å². The van der Waals surface area contributed by atoms with Crippen molar-refractivity contribution in [2.24, 2.45) is 0 Å². The third-order valence-corrected chi connectivity index (χ3v) is 4.29. The van der Waals surface area contributed by atoms with Gasteiger partial charge in [0.15, 0.2) is 0 Å². The summed E-state index contributed by atoms with van der Waals surface area (Å²) in [6.07, 6.45) is 0.692. The Morgan fingerprint density at radius 2 is 1.85 bits per heavy atom. The van der Waals surface area contributed by atoms with Gasteiger partial charge in [0.25, 0.3) is 5.91 Å². The molecule has 26 heavy (non-hydrogen) atoms. The van der Waals surface area contributed by atoms with E-state index in [0.717, 1.165) is 5.56 Å². The van der Waals surface area contributed by atoms with Crippen LogP contribution in [0, 0.1) is 0 Å². The van der Waals surface area contributed by atoms with E-state index in [0.29, 0.717) is 18.5 Å². The maximum atomic E-state index is 12.2. The van der Waals surface area contributed by atoms with Gasteiger partial charge in [-0.15, -0.1) is 0 Å². The normalized spacial score (nSPS) is 14.0. The Morgan fingerprint density at radius 1 is 1.19 bits per heavy atom. The molecule has 0 radical (unpaired) electrons. The molecule has 0 bridgehead atoms. The van der Waals surface area contributed by atoms with Gasteiger partial charge < -0.3 is 15.1 Å². The zero-order valence-electron chi connectivity index (χ0n) is 15.3. The summed E-state index contributed by atoms with van der Waals surface area (Å²) in [7, 11) is 4.85. The predicted octanol–water partition coefficient (Wildman–Crippen LogP) is 0.679. The third kappa shape index (κ3) is 4.59. The fraction of sp³-hybridized carbons (Fsp3) is 0.444. The van der Waals surface area contributed by atoms with Gasteiger partial charge in [-0.2, -0.15) is 0 Å². The van der Waals surface area contributed by atoms with Gasteiger partial charge in [0, 0.05) is 46.2 Å². The molecule has 1 fully saturated rings. The summed E-state index contributed by atoms with van der Waals surface area (Å²) in [5, 5.41) is 2.56. The van der Waals surface area contributed by atoms with E-state index in [4.69, 9.17) is 0 Å². The second-order valence-electron chi connectivity index (χ2n) is 6.31. The highest BCUT2D eigenvalue weighted by molar-refractivity contribution is 6.01. The molecule has 0 unspecified atom stereocenters. The summed E-state index contributed by atoms with van der Waals surface area (Å²) in [6, 6.07) is 6.74. The lowest BCUT2D eigenvalue weighted by Crippen LogP contribution is -2.33. The highest BCUT2D eigenvalue weighted by atomic mass is 16.2. The molecule has 1 heterocycles. The SMILES string of the molecule is CNC(=O)c1ccc(CN(C)C(=O)CCCN2C(=O)CN(C)C2=O)cc1. The number of amides is 5. The topological polar surface area (TPSA) is 90.0 Å². The van der Waals surface area contributed by atoms with Gasteiger partial charge in [0.1, 0.15) is 6.54 Å². The van der Waals surface area contributed by atoms with E-state index in [1.807, 2.05) is 12.1 Å². The molecule has 0 aromatic heterocycles. The number of imide groups is 1. The number of benzene rings is 1. The van der Waals surface area contributed by atoms with Crippen LogP contribution in [0.15, 0.2) is 24.3 Å². The van der Waals surface area contributed by atoms with Crippen molar-refractivity contribution in [3.63, 3.8) is 0 Å².